The van der Waals surface area contributed by atoms with Crippen molar-refractivity contribution in [2.24, 2.45) is 5.92 Å². The minimum absolute atomic E-state index is 0.0129. The van der Waals surface area contributed by atoms with Gasteiger partial charge in [-0.1, -0.05) is 43.1 Å². The lowest BCUT2D eigenvalue weighted by molar-refractivity contribution is -0.141. The van der Waals surface area contributed by atoms with E-state index in [0.717, 1.165) is 4.31 Å². The summed E-state index contributed by atoms with van der Waals surface area (Å²) in [5.41, 5.74) is 0. The van der Waals surface area contributed by atoms with Gasteiger partial charge in [-0.25, -0.2) is 8.42 Å². The quantitative estimate of drug-likeness (QED) is 0.864. The number of aliphatic carboxylic acids is 1. The number of benzene rings is 1. The topological polar surface area (TPSA) is 74.7 Å². The van der Waals surface area contributed by atoms with Crippen molar-refractivity contribution in [1.29, 1.82) is 0 Å². The van der Waals surface area contributed by atoms with Crippen molar-refractivity contribution in [3.63, 3.8) is 0 Å². The van der Waals surface area contributed by atoms with Crippen LogP contribution in [0, 0.1) is 5.92 Å². The van der Waals surface area contributed by atoms with Gasteiger partial charge in [0.2, 0.25) is 10.0 Å². The van der Waals surface area contributed by atoms with Gasteiger partial charge in [0.1, 0.15) is 4.90 Å². The smallest absolute Gasteiger partial charge is 0.307 e. The highest BCUT2D eigenvalue weighted by Crippen LogP contribution is 2.31. The van der Waals surface area contributed by atoms with Crippen LogP contribution in [-0.2, 0) is 14.8 Å². The maximum atomic E-state index is 12.5. The molecule has 8 heteroatoms. The minimum atomic E-state index is -3.93. The molecule has 5 nitrogen and oxygen atoms in total. The molecule has 0 bridgehead atoms. The summed E-state index contributed by atoms with van der Waals surface area (Å²) >= 11 is 11.8. The number of nitrogens with zero attached hydrogens (tertiary/aromatic N) is 1. The Labute approximate surface area is 128 Å². The zero-order chi connectivity index (χ0) is 15.5. The van der Waals surface area contributed by atoms with E-state index in [0.29, 0.717) is 0 Å². The first-order chi connectivity index (χ1) is 9.21. The first kappa shape index (κ1) is 17.2. The average Bonchev–Trinajstić information content (AvgIpc) is 2.34. The second-order valence-corrected chi connectivity index (χ2v) is 6.93. The number of hydrogen-bond acceptors (Lipinski definition) is 3. The molecule has 1 atom stereocenters. The molecule has 1 aromatic carbocycles. The van der Waals surface area contributed by atoms with Crippen LogP contribution in [0.1, 0.15) is 13.8 Å². The van der Waals surface area contributed by atoms with E-state index in [1.807, 2.05) is 0 Å². The van der Waals surface area contributed by atoms with Gasteiger partial charge in [0.25, 0.3) is 0 Å². The van der Waals surface area contributed by atoms with Crippen molar-refractivity contribution < 1.29 is 18.3 Å². The standard InChI is InChI=1S/C12H15Cl2NO4S/c1-3-15(7-8(2)12(16)17)20(18,19)11-9(13)5-4-6-10(11)14/h4-6,8H,3,7H2,1-2H3,(H,16,17). The lowest BCUT2D eigenvalue weighted by Gasteiger charge is -2.23. The fraction of sp³-hybridized carbons (Fsp3) is 0.417. The number of halogens is 2. The van der Waals surface area contributed by atoms with Crippen molar-refractivity contribution in [2.75, 3.05) is 13.1 Å². The third kappa shape index (κ3) is 3.63. The maximum Gasteiger partial charge on any atom is 0.307 e. The van der Waals surface area contributed by atoms with Crippen LogP contribution in [0.3, 0.4) is 0 Å². The molecule has 1 rings (SSSR count). The summed E-state index contributed by atoms with van der Waals surface area (Å²) in [5.74, 6) is -1.89. The van der Waals surface area contributed by atoms with Crippen LogP contribution in [0.25, 0.3) is 0 Å². The van der Waals surface area contributed by atoms with Gasteiger partial charge < -0.3 is 5.11 Å². The van der Waals surface area contributed by atoms with Crippen LogP contribution >= 0.6 is 23.2 Å². The highest BCUT2D eigenvalue weighted by atomic mass is 35.5. The number of carbonyl (C=O) groups is 1. The number of carboxylic acids is 1. The van der Waals surface area contributed by atoms with Crippen LogP contribution in [0.15, 0.2) is 23.1 Å². The Morgan fingerprint density at radius 3 is 2.25 bits per heavy atom. The van der Waals surface area contributed by atoms with Gasteiger partial charge in [-0.15, -0.1) is 0 Å². The molecule has 0 fully saturated rings. The molecule has 1 unspecified atom stereocenters. The van der Waals surface area contributed by atoms with Crippen molar-refractivity contribution in [3.05, 3.63) is 28.2 Å². The fourth-order valence-corrected chi connectivity index (χ4v) is 4.27. The second kappa shape index (κ2) is 6.76. The molecule has 0 saturated carbocycles. The first-order valence-corrected chi connectivity index (χ1v) is 8.08. The number of hydrogen-bond donors (Lipinski definition) is 1. The molecule has 0 heterocycles. The third-order valence-corrected chi connectivity index (χ3v) is 5.67. The summed E-state index contributed by atoms with van der Waals surface area (Å²) in [6, 6.07) is 4.39. The normalized spacial score (nSPS) is 13.4. The highest BCUT2D eigenvalue weighted by Gasteiger charge is 2.30. The molecular weight excluding hydrogens is 325 g/mol. The molecule has 0 aromatic heterocycles. The fourth-order valence-electron chi connectivity index (χ4n) is 1.64. The Bertz CT molecular complexity index is 583. The van der Waals surface area contributed by atoms with E-state index in [4.69, 9.17) is 28.3 Å². The van der Waals surface area contributed by atoms with Gasteiger partial charge in [-0.3, -0.25) is 4.79 Å². The molecule has 0 aliphatic heterocycles. The number of rotatable bonds is 6. The molecular formula is C12H15Cl2NO4S. The Hall–Kier alpha value is -0.820. The van der Waals surface area contributed by atoms with E-state index in [9.17, 15) is 13.2 Å². The summed E-state index contributed by atoms with van der Waals surface area (Å²) in [4.78, 5) is 10.7. The molecule has 0 amide bonds. The van der Waals surface area contributed by atoms with Crippen LogP contribution in [0.5, 0.6) is 0 Å². The molecule has 0 radical (unpaired) electrons. The van der Waals surface area contributed by atoms with Gasteiger partial charge in [-0.2, -0.15) is 4.31 Å². The van der Waals surface area contributed by atoms with Crippen molar-refractivity contribution in [1.82, 2.24) is 4.31 Å². The van der Waals surface area contributed by atoms with Crippen molar-refractivity contribution in [2.45, 2.75) is 18.7 Å². The summed E-state index contributed by atoms with van der Waals surface area (Å²) < 4.78 is 26.1. The summed E-state index contributed by atoms with van der Waals surface area (Å²) in [6.45, 7) is 3.04. The Balaban J connectivity index is 3.23. The zero-order valence-corrected chi connectivity index (χ0v) is 13.3. The molecule has 0 saturated heterocycles. The third-order valence-electron chi connectivity index (χ3n) is 2.77. The predicted molar refractivity (Wildman–Crippen MR) is 77.7 cm³/mol. The molecule has 0 aliphatic carbocycles. The molecule has 0 spiro atoms. The van der Waals surface area contributed by atoms with Gasteiger partial charge in [-0.05, 0) is 12.1 Å². The van der Waals surface area contributed by atoms with Crippen molar-refractivity contribution >= 4 is 39.2 Å². The second-order valence-electron chi connectivity index (χ2n) is 4.25. The average molecular weight is 340 g/mol. The van der Waals surface area contributed by atoms with E-state index < -0.39 is 21.9 Å². The first-order valence-electron chi connectivity index (χ1n) is 5.88. The molecule has 1 aromatic rings. The highest BCUT2D eigenvalue weighted by molar-refractivity contribution is 7.89. The van der Waals surface area contributed by atoms with E-state index in [1.165, 1.54) is 19.1 Å². The molecule has 112 valence electrons. The maximum absolute atomic E-state index is 12.5. The van der Waals surface area contributed by atoms with Gasteiger partial charge >= 0.3 is 5.97 Å². The van der Waals surface area contributed by atoms with Gasteiger partial charge in [0.15, 0.2) is 0 Å². The lowest BCUT2D eigenvalue weighted by atomic mass is 10.2. The predicted octanol–water partition coefficient (Wildman–Crippen LogP) is 2.72. The van der Waals surface area contributed by atoms with Gasteiger partial charge in [0, 0.05) is 13.1 Å². The van der Waals surface area contributed by atoms with Crippen molar-refractivity contribution in [3.8, 4) is 0 Å². The largest absolute Gasteiger partial charge is 0.481 e. The monoisotopic (exact) mass is 339 g/mol. The summed E-state index contributed by atoms with van der Waals surface area (Å²) in [6.07, 6.45) is 0. The molecule has 20 heavy (non-hydrogen) atoms. The van der Waals surface area contributed by atoms with Crippen LogP contribution in [0.4, 0.5) is 0 Å². The van der Waals surface area contributed by atoms with Crippen LogP contribution in [0.2, 0.25) is 10.0 Å². The Kier molecular flexibility index (Phi) is 5.82. The van der Waals surface area contributed by atoms with Crippen LogP contribution < -0.4 is 0 Å². The summed E-state index contributed by atoms with van der Waals surface area (Å²) in [7, 11) is -3.93. The van der Waals surface area contributed by atoms with E-state index in [-0.39, 0.29) is 28.0 Å². The lowest BCUT2D eigenvalue weighted by Crippen LogP contribution is -2.37. The number of sulfonamides is 1. The van der Waals surface area contributed by atoms with Gasteiger partial charge in [0.05, 0.1) is 16.0 Å². The zero-order valence-electron chi connectivity index (χ0n) is 11.0. The van der Waals surface area contributed by atoms with E-state index in [2.05, 4.69) is 0 Å². The van der Waals surface area contributed by atoms with E-state index >= 15 is 0 Å². The minimum Gasteiger partial charge on any atom is -0.481 e. The molecule has 0 aliphatic rings. The van der Waals surface area contributed by atoms with Crippen LogP contribution in [-0.4, -0.2) is 36.9 Å². The SMILES string of the molecule is CCN(CC(C)C(=O)O)S(=O)(=O)c1c(Cl)cccc1Cl. The van der Waals surface area contributed by atoms with E-state index in [1.54, 1.807) is 13.0 Å². The Morgan fingerprint density at radius 1 is 1.35 bits per heavy atom. The number of carboxylic acid groups (broad SMARTS) is 1. The molecule has 1 N–H and O–H groups in total. The summed E-state index contributed by atoms with van der Waals surface area (Å²) in [5, 5.41) is 8.92. The Morgan fingerprint density at radius 2 is 1.85 bits per heavy atom.